The second-order valence-corrected chi connectivity index (χ2v) is 3.67. The van der Waals surface area contributed by atoms with Crippen LogP contribution >= 0.6 is 0 Å². The average Bonchev–Trinajstić information content (AvgIpc) is 2.29. The summed E-state index contributed by atoms with van der Waals surface area (Å²) in [6.45, 7) is 6.21. The molecule has 0 N–H and O–H groups in total. The zero-order valence-corrected chi connectivity index (χ0v) is 9.77. The van der Waals surface area contributed by atoms with E-state index in [4.69, 9.17) is 4.74 Å². The van der Waals surface area contributed by atoms with Gasteiger partial charge in [-0.15, -0.1) is 0 Å². The Bertz CT molecular complexity index is 359. The third kappa shape index (κ3) is 3.77. The Morgan fingerprint density at radius 3 is 2.56 bits per heavy atom. The number of likely N-dealkylation sites (N-methyl/N-ethyl adjacent to an activating group) is 1. The number of para-hydroxylation sites is 1. The van der Waals surface area contributed by atoms with Gasteiger partial charge in [-0.05, 0) is 19.1 Å². The van der Waals surface area contributed by atoms with Crippen molar-refractivity contribution in [3.05, 3.63) is 42.5 Å². The molecule has 0 aliphatic carbocycles. The Morgan fingerprint density at radius 1 is 1.38 bits per heavy atom. The Morgan fingerprint density at radius 2 is 2.00 bits per heavy atom. The molecule has 0 saturated heterocycles. The fourth-order valence-electron chi connectivity index (χ4n) is 1.21. The zero-order chi connectivity index (χ0) is 12.0. The molecule has 1 aromatic carbocycles. The number of rotatable bonds is 5. The lowest BCUT2D eigenvalue weighted by Gasteiger charge is -2.18. The van der Waals surface area contributed by atoms with Crippen molar-refractivity contribution >= 4 is 11.7 Å². The number of carbonyl (C=O) groups is 1. The molecule has 86 valence electrons. The minimum atomic E-state index is -0.332. The Labute approximate surface area is 96.3 Å². The van der Waals surface area contributed by atoms with Gasteiger partial charge >= 0.3 is 5.97 Å². The number of anilines is 1. The molecule has 1 aromatic rings. The minimum Gasteiger partial charge on any atom is -0.460 e. The summed E-state index contributed by atoms with van der Waals surface area (Å²) in [4.78, 5) is 13.2. The van der Waals surface area contributed by atoms with Crippen molar-refractivity contribution in [2.75, 3.05) is 25.1 Å². The second kappa shape index (κ2) is 5.95. The van der Waals surface area contributed by atoms with Crippen molar-refractivity contribution in [3.8, 4) is 0 Å². The summed E-state index contributed by atoms with van der Waals surface area (Å²) in [7, 11) is 1.96. The molecule has 1 rings (SSSR count). The van der Waals surface area contributed by atoms with Gasteiger partial charge < -0.3 is 9.64 Å². The molecule has 3 heteroatoms. The Balaban J connectivity index is 2.34. The average molecular weight is 219 g/mol. The number of hydrogen-bond donors (Lipinski definition) is 0. The number of benzene rings is 1. The van der Waals surface area contributed by atoms with E-state index >= 15 is 0 Å². The third-order valence-corrected chi connectivity index (χ3v) is 2.21. The first kappa shape index (κ1) is 12.3. The van der Waals surface area contributed by atoms with Gasteiger partial charge in [0.1, 0.15) is 6.61 Å². The van der Waals surface area contributed by atoms with Gasteiger partial charge in [0.05, 0.1) is 6.54 Å². The van der Waals surface area contributed by atoms with E-state index in [1.165, 1.54) is 0 Å². The summed E-state index contributed by atoms with van der Waals surface area (Å²) in [5, 5.41) is 0. The molecular formula is C13H17NO2. The Hall–Kier alpha value is -1.77. The summed E-state index contributed by atoms with van der Waals surface area (Å²) in [5.74, 6) is -0.332. The van der Waals surface area contributed by atoms with Gasteiger partial charge in [-0.1, -0.05) is 24.8 Å². The molecule has 3 nitrogen and oxygen atoms in total. The van der Waals surface area contributed by atoms with Gasteiger partial charge in [0.25, 0.3) is 0 Å². The lowest BCUT2D eigenvalue weighted by Crippen LogP contribution is -2.23. The highest BCUT2D eigenvalue weighted by atomic mass is 16.5. The van der Waals surface area contributed by atoms with E-state index in [2.05, 4.69) is 6.58 Å². The van der Waals surface area contributed by atoms with E-state index in [-0.39, 0.29) is 5.97 Å². The maximum absolute atomic E-state index is 11.1. The number of ether oxygens (including phenoxy) is 1. The third-order valence-electron chi connectivity index (χ3n) is 2.21. The maximum atomic E-state index is 11.1. The van der Waals surface area contributed by atoms with E-state index in [1.54, 1.807) is 6.92 Å². The van der Waals surface area contributed by atoms with Crippen LogP contribution in [0.15, 0.2) is 42.5 Å². The van der Waals surface area contributed by atoms with E-state index < -0.39 is 0 Å². The zero-order valence-electron chi connectivity index (χ0n) is 9.77. The molecule has 0 atom stereocenters. The molecule has 0 spiro atoms. The molecule has 0 fully saturated rings. The molecule has 0 amide bonds. The molecule has 0 aromatic heterocycles. The van der Waals surface area contributed by atoms with Crippen molar-refractivity contribution in [1.82, 2.24) is 0 Å². The van der Waals surface area contributed by atoms with Crippen LogP contribution in [0.4, 0.5) is 5.69 Å². The van der Waals surface area contributed by atoms with Crippen LogP contribution in [0.2, 0.25) is 0 Å². The van der Waals surface area contributed by atoms with Gasteiger partial charge in [-0.2, -0.15) is 0 Å². The summed E-state index contributed by atoms with van der Waals surface area (Å²) < 4.78 is 5.02. The van der Waals surface area contributed by atoms with Crippen LogP contribution in [0.3, 0.4) is 0 Å². The molecule has 16 heavy (non-hydrogen) atoms. The quantitative estimate of drug-likeness (QED) is 0.562. The maximum Gasteiger partial charge on any atom is 0.333 e. The SMILES string of the molecule is C=C(C)C(=O)OCCN(C)c1ccccc1. The summed E-state index contributed by atoms with van der Waals surface area (Å²) in [5.41, 5.74) is 1.54. The van der Waals surface area contributed by atoms with E-state index in [0.717, 1.165) is 5.69 Å². The molecular weight excluding hydrogens is 202 g/mol. The van der Waals surface area contributed by atoms with Crippen LogP contribution in [0.1, 0.15) is 6.92 Å². The van der Waals surface area contributed by atoms with E-state index in [1.807, 2.05) is 42.3 Å². The van der Waals surface area contributed by atoms with Crippen LogP contribution in [0.5, 0.6) is 0 Å². The smallest absolute Gasteiger partial charge is 0.333 e. The van der Waals surface area contributed by atoms with Crippen molar-refractivity contribution in [1.29, 1.82) is 0 Å². The van der Waals surface area contributed by atoms with Crippen LogP contribution in [0.25, 0.3) is 0 Å². The predicted octanol–water partition coefficient (Wildman–Crippen LogP) is 2.24. The lowest BCUT2D eigenvalue weighted by molar-refractivity contribution is -0.138. The highest BCUT2D eigenvalue weighted by Gasteiger charge is 2.04. The Kier molecular flexibility index (Phi) is 4.58. The van der Waals surface area contributed by atoms with Crippen LogP contribution < -0.4 is 4.90 Å². The highest BCUT2D eigenvalue weighted by Crippen LogP contribution is 2.10. The normalized spacial score (nSPS) is 9.62. The minimum absolute atomic E-state index is 0.332. The van der Waals surface area contributed by atoms with Crippen LogP contribution in [-0.4, -0.2) is 26.2 Å². The lowest BCUT2D eigenvalue weighted by atomic mass is 10.3. The van der Waals surface area contributed by atoms with E-state index in [9.17, 15) is 4.79 Å². The number of hydrogen-bond acceptors (Lipinski definition) is 3. The molecule has 0 heterocycles. The molecule has 0 aliphatic heterocycles. The van der Waals surface area contributed by atoms with Crippen molar-refractivity contribution in [2.24, 2.45) is 0 Å². The standard InChI is InChI=1S/C13H17NO2/c1-11(2)13(15)16-10-9-14(3)12-7-5-4-6-8-12/h4-8H,1,9-10H2,2-3H3. The fourth-order valence-corrected chi connectivity index (χ4v) is 1.21. The number of esters is 1. The number of carbonyl (C=O) groups excluding carboxylic acids is 1. The van der Waals surface area contributed by atoms with Crippen molar-refractivity contribution in [2.45, 2.75) is 6.92 Å². The van der Waals surface area contributed by atoms with E-state index in [0.29, 0.717) is 18.7 Å². The predicted molar refractivity (Wildman–Crippen MR) is 65.5 cm³/mol. The van der Waals surface area contributed by atoms with Crippen molar-refractivity contribution < 1.29 is 9.53 Å². The van der Waals surface area contributed by atoms with Crippen LogP contribution in [0, 0.1) is 0 Å². The first-order chi connectivity index (χ1) is 7.61. The van der Waals surface area contributed by atoms with Crippen molar-refractivity contribution in [3.63, 3.8) is 0 Å². The molecule has 0 saturated carbocycles. The summed E-state index contributed by atoms with van der Waals surface area (Å²) in [6, 6.07) is 9.96. The van der Waals surface area contributed by atoms with Gasteiger partial charge in [0.15, 0.2) is 0 Å². The first-order valence-corrected chi connectivity index (χ1v) is 5.20. The highest BCUT2D eigenvalue weighted by molar-refractivity contribution is 5.86. The topological polar surface area (TPSA) is 29.5 Å². The summed E-state index contributed by atoms with van der Waals surface area (Å²) in [6.07, 6.45) is 0. The van der Waals surface area contributed by atoms with Gasteiger partial charge in [0.2, 0.25) is 0 Å². The fraction of sp³-hybridized carbons (Fsp3) is 0.308. The monoisotopic (exact) mass is 219 g/mol. The largest absolute Gasteiger partial charge is 0.460 e. The molecule has 0 radical (unpaired) electrons. The van der Waals surface area contributed by atoms with Gasteiger partial charge in [-0.3, -0.25) is 0 Å². The second-order valence-electron chi connectivity index (χ2n) is 3.67. The molecule has 0 aliphatic rings. The first-order valence-electron chi connectivity index (χ1n) is 5.20. The van der Waals surface area contributed by atoms with Gasteiger partial charge in [0, 0.05) is 18.3 Å². The molecule has 0 bridgehead atoms. The number of nitrogens with zero attached hydrogens (tertiary/aromatic N) is 1. The van der Waals surface area contributed by atoms with Gasteiger partial charge in [-0.25, -0.2) is 4.79 Å². The van der Waals surface area contributed by atoms with Crippen LogP contribution in [-0.2, 0) is 9.53 Å². The summed E-state index contributed by atoms with van der Waals surface area (Å²) >= 11 is 0. The molecule has 0 unspecified atom stereocenters.